The molecule has 0 aliphatic carbocycles. The van der Waals surface area contributed by atoms with Gasteiger partial charge in [-0.3, -0.25) is 4.79 Å². The number of hydrogen-bond donors (Lipinski definition) is 4. The number of aliphatic hydroxyl groups excluding tert-OH is 2. The minimum absolute atomic E-state index is 0.0856. The highest BCUT2D eigenvalue weighted by molar-refractivity contribution is 5.75. The molecule has 0 spiro atoms. The Kier molecular flexibility index (Phi) is 18.9. The van der Waals surface area contributed by atoms with E-state index in [1.165, 1.54) is 0 Å². The summed E-state index contributed by atoms with van der Waals surface area (Å²) in [6.07, 6.45) is 0.550. The standard InChI is InChI=1S/C16H34N2O7/c17-4-6-22-8-10-24-12-13-25-11-9-23-7-5-18-16(21)3-1-2-15(20)14-19/h15,19-20H,1-14,17H2,(H,18,21). The third-order valence-electron chi connectivity index (χ3n) is 3.10. The van der Waals surface area contributed by atoms with Crippen LogP contribution in [0.5, 0.6) is 0 Å². The van der Waals surface area contributed by atoms with Crippen molar-refractivity contribution in [3.63, 3.8) is 0 Å². The van der Waals surface area contributed by atoms with Crippen molar-refractivity contribution in [2.45, 2.75) is 25.4 Å². The normalized spacial score (nSPS) is 12.3. The fraction of sp³-hybridized carbons (Fsp3) is 0.938. The number of carbonyl (C=O) groups excluding carboxylic acids is 1. The molecule has 0 aromatic rings. The highest BCUT2D eigenvalue weighted by Gasteiger charge is 2.05. The van der Waals surface area contributed by atoms with Crippen molar-refractivity contribution in [3.05, 3.63) is 0 Å². The first-order valence-corrected chi connectivity index (χ1v) is 8.77. The van der Waals surface area contributed by atoms with Gasteiger partial charge in [0.25, 0.3) is 0 Å². The van der Waals surface area contributed by atoms with Gasteiger partial charge in [-0.2, -0.15) is 0 Å². The SMILES string of the molecule is NCCOCCOCCOCCOCCNC(=O)CCCC(O)CO. The molecule has 1 amide bonds. The second-order valence-electron chi connectivity index (χ2n) is 5.32. The molecule has 9 heteroatoms. The molecular weight excluding hydrogens is 332 g/mol. The molecule has 0 radical (unpaired) electrons. The van der Waals surface area contributed by atoms with Gasteiger partial charge in [0, 0.05) is 19.5 Å². The molecular formula is C16H34N2O7. The van der Waals surface area contributed by atoms with Crippen LogP contribution < -0.4 is 11.1 Å². The number of carbonyl (C=O) groups is 1. The Hall–Kier alpha value is -0.810. The second-order valence-corrected chi connectivity index (χ2v) is 5.32. The van der Waals surface area contributed by atoms with Gasteiger partial charge in [0.15, 0.2) is 0 Å². The van der Waals surface area contributed by atoms with Gasteiger partial charge in [-0.15, -0.1) is 0 Å². The first kappa shape index (κ1) is 24.2. The molecule has 0 aliphatic heterocycles. The average molecular weight is 366 g/mol. The van der Waals surface area contributed by atoms with Crippen molar-refractivity contribution < 1.29 is 34.0 Å². The molecule has 9 nitrogen and oxygen atoms in total. The van der Waals surface area contributed by atoms with Crippen LogP contribution in [-0.2, 0) is 23.7 Å². The lowest BCUT2D eigenvalue weighted by molar-refractivity contribution is -0.121. The molecule has 0 saturated carbocycles. The van der Waals surface area contributed by atoms with Crippen LogP contribution in [0.1, 0.15) is 19.3 Å². The topological polar surface area (TPSA) is 133 Å². The molecule has 1 unspecified atom stereocenters. The zero-order valence-corrected chi connectivity index (χ0v) is 15.0. The van der Waals surface area contributed by atoms with Crippen LogP contribution in [0.2, 0.25) is 0 Å². The first-order chi connectivity index (χ1) is 12.2. The Morgan fingerprint density at radius 3 is 1.96 bits per heavy atom. The molecule has 0 saturated heterocycles. The quantitative estimate of drug-likeness (QED) is 0.206. The summed E-state index contributed by atoms with van der Waals surface area (Å²) in [6, 6.07) is 0. The Bertz CT molecular complexity index is 296. The van der Waals surface area contributed by atoms with Crippen molar-refractivity contribution >= 4 is 5.91 Å². The van der Waals surface area contributed by atoms with Crippen molar-refractivity contribution in [1.29, 1.82) is 0 Å². The lowest BCUT2D eigenvalue weighted by atomic mass is 10.1. The van der Waals surface area contributed by atoms with Crippen LogP contribution in [0, 0.1) is 0 Å². The minimum atomic E-state index is -0.744. The molecule has 0 rings (SSSR count). The molecule has 0 aromatic carbocycles. The van der Waals surface area contributed by atoms with Crippen molar-refractivity contribution in [2.75, 3.05) is 72.6 Å². The summed E-state index contributed by atoms with van der Waals surface area (Å²) in [5.41, 5.74) is 5.28. The molecule has 0 bridgehead atoms. The maximum absolute atomic E-state index is 11.5. The van der Waals surface area contributed by atoms with E-state index in [9.17, 15) is 4.79 Å². The Labute approximate surface area is 149 Å². The van der Waals surface area contributed by atoms with Gasteiger partial charge in [0.05, 0.1) is 65.6 Å². The van der Waals surface area contributed by atoms with Gasteiger partial charge in [0.2, 0.25) is 5.91 Å². The average Bonchev–Trinajstić information content (AvgIpc) is 2.61. The Morgan fingerprint density at radius 1 is 0.920 bits per heavy atom. The largest absolute Gasteiger partial charge is 0.394 e. The molecule has 0 aromatic heterocycles. The van der Waals surface area contributed by atoms with E-state index in [0.29, 0.717) is 85.2 Å². The van der Waals surface area contributed by atoms with E-state index in [1.54, 1.807) is 0 Å². The maximum Gasteiger partial charge on any atom is 0.220 e. The second kappa shape index (κ2) is 19.5. The van der Waals surface area contributed by atoms with Crippen molar-refractivity contribution in [1.82, 2.24) is 5.32 Å². The van der Waals surface area contributed by atoms with Gasteiger partial charge < -0.3 is 40.2 Å². The number of amides is 1. The van der Waals surface area contributed by atoms with E-state index in [-0.39, 0.29) is 12.5 Å². The molecule has 150 valence electrons. The number of rotatable bonds is 19. The summed E-state index contributed by atoms with van der Waals surface area (Å²) in [5, 5.41) is 20.5. The number of ether oxygens (including phenoxy) is 4. The predicted molar refractivity (Wildman–Crippen MR) is 92.3 cm³/mol. The highest BCUT2D eigenvalue weighted by Crippen LogP contribution is 1.99. The summed E-state index contributed by atoms with van der Waals surface area (Å²) >= 11 is 0. The van der Waals surface area contributed by atoms with Crippen LogP contribution in [0.4, 0.5) is 0 Å². The number of nitrogens with one attached hydrogen (secondary N) is 1. The summed E-state index contributed by atoms with van der Waals surface area (Å²) < 4.78 is 21.1. The van der Waals surface area contributed by atoms with Gasteiger partial charge in [-0.05, 0) is 12.8 Å². The van der Waals surface area contributed by atoms with Gasteiger partial charge in [0.1, 0.15) is 0 Å². The van der Waals surface area contributed by atoms with E-state index >= 15 is 0 Å². The zero-order valence-electron chi connectivity index (χ0n) is 15.0. The Balaban J connectivity index is 3.14. The third kappa shape index (κ3) is 19.4. The lowest BCUT2D eigenvalue weighted by Gasteiger charge is -2.09. The van der Waals surface area contributed by atoms with E-state index < -0.39 is 6.10 Å². The fourth-order valence-corrected chi connectivity index (χ4v) is 1.79. The summed E-state index contributed by atoms with van der Waals surface area (Å²) in [7, 11) is 0. The van der Waals surface area contributed by atoms with E-state index in [4.69, 9.17) is 34.9 Å². The molecule has 1 atom stereocenters. The molecule has 5 N–H and O–H groups in total. The molecule has 0 aliphatic rings. The van der Waals surface area contributed by atoms with Crippen molar-refractivity contribution in [3.8, 4) is 0 Å². The van der Waals surface area contributed by atoms with Crippen molar-refractivity contribution in [2.24, 2.45) is 5.73 Å². The first-order valence-electron chi connectivity index (χ1n) is 8.77. The lowest BCUT2D eigenvalue weighted by Crippen LogP contribution is -2.27. The smallest absolute Gasteiger partial charge is 0.220 e. The van der Waals surface area contributed by atoms with E-state index in [1.807, 2.05) is 0 Å². The summed E-state index contributed by atoms with van der Waals surface area (Å²) in [4.78, 5) is 11.5. The Morgan fingerprint density at radius 2 is 1.44 bits per heavy atom. The zero-order chi connectivity index (χ0) is 18.6. The molecule has 25 heavy (non-hydrogen) atoms. The minimum Gasteiger partial charge on any atom is -0.394 e. The van der Waals surface area contributed by atoms with Crippen LogP contribution in [0.3, 0.4) is 0 Å². The summed E-state index contributed by atoms with van der Waals surface area (Å²) in [5.74, 6) is -0.0856. The van der Waals surface area contributed by atoms with Crippen LogP contribution in [-0.4, -0.2) is 94.8 Å². The van der Waals surface area contributed by atoms with Crippen LogP contribution >= 0.6 is 0 Å². The molecule has 0 fully saturated rings. The predicted octanol–water partition coefficient (Wildman–Crippen LogP) is -1.35. The number of aliphatic hydroxyl groups is 2. The van der Waals surface area contributed by atoms with E-state index in [0.717, 1.165) is 0 Å². The van der Waals surface area contributed by atoms with E-state index in [2.05, 4.69) is 5.32 Å². The van der Waals surface area contributed by atoms with Gasteiger partial charge in [-0.1, -0.05) is 0 Å². The maximum atomic E-state index is 11.5. The number of nitrogens with two attached hydrogens (primary N) is 1. The van der Waals surface area contributed by atoms with Crippen LogP contribution in [0.25, 0.3) is 0 Å². The van der Waals surface area contributed by atoms with Gasteiger partial charge >= 0.3 is 0 Å². The van der Waals surface area contributed by atoms with Crippen LogP contribution in [0.15, 0.2) is 0 Å². The number of hydrogen-bond acceptors (Lipinski definition) is 8. The highest BCUT2D eigenvalue weighted by atomic mass is 16.6. The monoisotopic (exact) mass is 366 g/mol. The third-order valence-corrected chi connectivity index (χ3v) is 3.10. The fourth-order valence-electron chi connectivity index (χ4n) is 1.79. The van der Waals surface area contributed by atoms with Gasteiger partial charge in [-0.25, -0.2) is 0 Å². The molecule has 0 heterocycles. The summed E-state index contributed by atoms with van der Waals surface area (Å²) in [6.45, 7) is 4.64.